The molecule has 0 radical (unpaired) electrons. The summed E-state index contributed by atoms with van der Waals surface area (Å²) in [6.07, 6.45) is 2.03. The van der Waals surface area contributed by atoms with Crippen LogP contribution in [0, 0.1) is 13.8 Å². The predicted molar refractivity (Wildman–Crippen MR) is 30.6 cm³/mol. The van der Waals surface area contributed by atoms with E-state index in [0.29, 0.717) is 12.8 Å². The van der Waals surface area contributed by atoms with Crippen molar-refractivity contribution in [1.82, 2.24) is 0 Å². The van der Waals surface area contributed by atoms with Crippen LogP contribution < -0.4 is 0 Å². The van der Waals surface area contributed by atoms with Crippen LogP contribution in [0.5, 0.6) is 0 Å². The number of hydrogen-bond acceptors (Lipinski definition) is 3. The van der Waals surface area contributed by atoms with Crippen LogP contribution in [-0.2, 0) is 29.1 Å². The fourth-order valence-electron chi connectivity index (χ4n) is 0.570. The summed E-state index contributed by atoms with van der Waals surface area (Å²) in [7, 11) is 0. The van der Waals surface area contributed by atoms with Crippen molar-refractivity contribution in [3.8, 4) is 0 Å². The molecule has 0 N–H and O–H groups in total. The van der Waals surface area contributed by atoms with Gasteiger partial charge in [-0.2, -0.15) is 0 Å². The molecular weight excluding hydrogens is 179 g/mol. The maximum atomic E-state index is 10.2. The van der Waals surface area contributed by atoms with Gasteiger partial charge in [0.05, 0.1) is 0 Å². The quantitative estimate of drug-likeness (QED) is 0.517. The van der Waals surface area contributed by atoms with Crippen molar-refractivity contribution >= 4 is 11.6 Å². The van der Waals surface area contributed by atoms with E-state index in [-0.39, 0.29) is 19.0 Å². The summed E-state index contributed by atoms with van der Waals surface area (Å²) in [6.45, 7) is 0. The van der Waals surface area contributed by atoms with Crippen molar-refractivity contribution < 1.29 is 29.1 Å². The molecule has 0 aromatic rings. The van der Waals surface area contributed by atoms with E-state index in [1.165, 1.54) is 6.42 Å². The van der Waals surface area contributed by atoms with Gasteiger partial charge in [0, 0.05) is 11.6 Å². The Morgan fingerprint density at radius 1 is 1.10 bits per heavy atom. The van der Waals surface area contributed by atoms with E-state index in [1.54, 1.807) is 0 Å². The minimum atomic E-state index is -0.0231. The summed E-state index contributed by atoms with van der Waals surface area (Å²) in [5.74, 6) is -0.0463. The van der Waals surface area contributed by atoms with E-state index in [2.05, 4.69) is 15.7 Å². The summed E-state index contributed by atoms with van der Waals surface area (Å²) >= 11 is 2.31. The van der Waals surface area contributed by atoms with Crippen LogP contribution >= 0.6 is 0 Å². The average molecular weight is 187 g/mol. The molecule has 0 unspecified atom stereocenters. The topological polar surface area (TPSA) is 51.2 Å². The van der Waals surface area contributed by atoms with Crippen LogP contribution in [0.4, 0.5) is 0 Å². The van der Waals surface area contributed by atoms with Crippen LogP contribution in [0.2, 0.25) is 0 Å². The summed E-state index contributed by atoms with van der Waals surface area (Å²) < 4.78 is 7.94. The molecule has 0 spiro atoms. The Balaban J connectivity index is 0. The molecule has 0 aliphatic heterocycles. The van der Waals surface area contributed by atoms with Crippen molar-refractivity contribution in [2.45, 2.75) is 12.8 Å². The summed E-state index contributed by atoms with van der Waals surface area (Å²) in [6, 6.07) is 0. The second-order valence-corrected chi connectivity index (χ2v) is 1.58. The third-order valence-corrected chi connectivity index (χ3v) is 0.940. The molecule has 1 saturated carbocycles. The summed E-state index contributed by atoms with van der Waals surface area (Å²) in [4.78, 5) is 20.4. The molecule has 0 bridgehead atoms. The number of hydrogen-bond donors (Lipinski definition) is 0. The van der Waals surface area contributed by atoms with Gasteiger partial charge < -0.3 is 17.0 Å². The number of carbonyl (C=O) groups is 2. The third-order valence-electron chi connectivity index (χ3n) is 0.940. The molecular formula is C6H8CoO3-2. The van der Waals surface area contributed by atoms with Gasteiger partial charge in [0.1, 0.15) is 0 Å². The Morgan fingerprint density at radius 3 is 1.50 bits per heavy atom. The Hall–Kier alpha value is -0.484. The molecule has 1 aliphatic rings. The number of rotatable bonds is 0. The SMILES string of the molecule is O=C1[CH-]C(=O)CC1.[CH3-].[O]=[Co]. The molecule has 1 aliphatic carbocycles. The molecule has 0 aromatic carbocycles. The van der Waals surface area contributed by atoms with Gasteiger partial charge >= 0.3 is 19.5 Å². The average Bonchev–Trinajstić information content (AvgIpc) is 2.20. The minimum absolute atomic E-state index is 0. The van der Waals surface area contributed by atoms with Gasteiger partial charge in [0.25, 0.3) is 0 Å². The first-order chi connectivity index (χ1) is 4.29. The van der Waals surface area contributed by atoms with Gasteiger partial charge in [-0.15, -0.1) is 0 Å². The number of Topliss-reactive ketones (excluding diaryl/α,β-unsaturated/α-hetero) is 2. The van der Waals surface area contributed by atoms with Crippen molar-refractivity contribution in [2.75, 3.05) is 0 Å². The van der Waals surface area contributed by atoms with E-state index >= 15 is 0 Å². The van der Waals surface area contributed by atoms with Crippen LogP contribution in [0.1, 0.15) is 12.8 Å². The van der Waals surface area contributed by atoms with Gasteiger partial charge in [0.15, 0.2) is 0 Å². The van der Waals surface area contributed by atoms with Gasteiger partial charge in [-0.3, -0.25) is 6.42 Å². The molecule has 61 valence electrons. The van der Waals surface area contributed by atoms with Crippen molar-refractivity contribution in [3.63, 3.8) is 0 Å². The van der Waals surface area contributed by atoms with Gasteiger partial charge in [-0.1, -0.05) is 0 Å². The van der Waals surface area contributed by atoms with E-state index < -0.39 is 0 Å². The van der Waals surface area contributed by atoms with Gasteiger partial charge in [-0.05, 0) is 12.8 Å². The molecule has 0 atom stereocenters. The number of carbonyl (C=O) groups excluding carboxylic acids is 2. The molecule has 1 fully saturated rings. The zero-order valence-corrected chi connectivity index (χ0v) is 6.59. The van der Waals surface area contributed by atoms with Crippen LogP contribution in [0.3, 0.4) is 0 Å². The standard InChI is InChI=1S/C5H5O2.CH3.Co.O/c6-4-1-2-5(7)3-4;;;/h3H,1-2H2;1H3;;/q2*-1;;. The van der Waals surface area contributed by atoms with E-state index in [0.717, 1.165) is 0 Å². The molecule has 10 heavy (non-hydrogen) atoms. The van der Waals surface area contributed by atoms with Crippen molar-refractivity contribution in [1.29, 1.82) is 0 Å². The Labute approximate surface area is 68.0 Å². The van der Waals surface area contributed by atoms with Crippen molar-refractivity contribution in [2.24, 2.45) is 0 Å². The molecule has 0 amide bonds. The fraction of sp³-hybridized carbons (Fsp3) is 0.333. The first kappa shape index (κ1) is 12.2. The third kappa shape index (κ3) is 4.40. The Morgan fingerprint density at radius 2 is 1.40 bits per heavy atom. The maximum absolute atomic E-state index is 10.2. The molecule has 3 nitrogen and oxygen atoms in total. The molecule has 1 rings (SSSR count). The van der Waals surface area contributed by atoms with E-state index in [9.17, 15) is 9.59 Å². The first-order valence-corrected chi connectivity index (χ1v) is 2.75. The van der Waals surface area contributed by atoms with Crippen LogP contribution in [0.15, 0.2) is 0 Å². The molecule has 0 aromatic heterocycles. The normalized spacial score (nSPS) is 14.5. The zero-order chi connectivity index (χ0) is 7.28. The zero-order valence-electron chi connectivity index (χ0n) is 5.55. The molecule has 0 saturated heterocycles. The van der Waals surface area contributed by atoms with Crippen LogP contribution in [-0.4, -0.2) is 11.6 Å². The Kier molecular flexibility index (Phi) is 8.10. The van der Waals surface area contributed by atoms with Crippen LogP contribution in [0.25, 0.3) is 0 Å². The van der Waals surface area contributed by atoms with Gasteiger partial charge in [-0.25, -0.2) is 0 Å². The molecule has 0 heterocycles. The first-order valence-electron chi connectivity index (χ1n) is 2.33. The van der Waals surface area contributed by atoms with Crippen molar-refractivity contribution in [3.05, 3.63) is 13.8 Å². The fourth-order valence-corrected chi connectivity index (χ4v) is 0.570. The molecule has 4 heteroatoms. The number of ketones is 2. The second-order valence-electron chi connectivity index (χ2n) is 1.58. The summed E-state index contributed by atoms with van der Waals surface area (Å²) in [5, 5.41) is 0. The van der Waals surface area contributed by atoms with E-state index in [1.807, 2.05) is 0 Å². The second kappa shape index (κ2) is 6.63. The summed E-state index contributed by atoms with van der Waals surface area (Å²) in [5.41, 5.74) is 0. The van der Waals surface area contributed by atoms with E-state index in [4.69, 9.17) is 3.87 Å². The Bertz CT molecular complexity index is 119. The van der Waals surface area contributed by atoms with Gasteiger partial charge in [0.2, 0.25) is 0 Å². The predicted octanol–water partition coefficient (Wildman–Crippen LogP) is 0.452. The monoisotopic (exact) mass is 187 g/mol.